The van der Waals surface area contributed by atoms with Crippen LogP contribution in [0.4, 0.5) is 0 Å². The van der Waals surface area contributed by atoms with Crippen LogP contribution in [0.5, 0.6) is 0 Å². The van der Waals surface area contributed by atoms with Crippen molar-refractivity contribution in [1.29, 1.82) is 0 Å². The summed E-state index contributed by atoms with van der Waals surface area (Å²) in [5.74, 6) is -1.62. The SMILES string of the molecule is COCCOC(=O)C(C(=O)OCCOC)(C(C)C)C(C)C. The number of esters is 2. The van der Waals surface area contributed by atoms with E-state index >= 15 is 0 Å². The molecule has 0 aromatic rings. The topological polar surface area (TPSA) is 71.1 Å². The summed E-state index contributed by atoms with van der Waals surface area (Å²) >= 11 is 0. The monoisotopic (exact) mass is 304 g/mol. The predicted octanol–water partition coefficient (Wildman–Crippen LogP) is 1.66. The van der Waals surface area contributed by atoms with Crippen LogP contribution in [0, 0.1) is 17.3 Å². The highest BCUT2D eigenvalue weighted by molar-refractivity contribution is 6.00. The molecule has 0 saturated heterocycles. The van der Waals surface area contributed by atoms with Gasteiger partial charge in [-0.05, 0) is 11.8 Å². The van der Waals surface area contributed by atoms with Gasteiger partial charge in [0.15, 0.2) is 5.41 Å². The third-order valence-electron chi connectivity index (χ3n) is 3.54. The van der Waals surface area contributed by atoms with Crippen molar-refractivity contribution in [1.82, 2.24) is 0 Å². The van der Waals surface area contributed by atoms with Gasteiger partial charge in [-0.25, -0.2) is 0 Å². The molecule has 0 rings (SSSR count). The maximum Gasteiger partial charge on any atom is 0.324 e. The summed E-state index contributed by atoms with van der Waals surface area (Å²) in [6.07, 6.45) is 0. The first-order chi connectivity index (χ1) is 9.85. The van der Waals surface area contributed by atoms with Gasteiger partial charge in [-0.1, -0.05) is 27.7 Å². The number of carbonyl (C=O) groups is 2. The van der Waals surface area contributed by atoms with E-state index in [9.17, 15) is 9.59 Å². The molecule has 0 amide bonds. The summed E-state index contributed by atoms with van der Waals surface area (Å²) in [6.45, 7) is 8.06. The average molecular weight is 304 g/mol. The molecule has 6 nitrogen and oxygen atoms in total. The molecule has 0 heterocycles. The standard InChI is InChI=1S/C15H28O6/c1-11(2)15(12(3)4,13(16)20-9-7-18-5)14(17)21-10-8-19-6/h11-12H,7-10H2,1-6H3. The van der Waals surface area contributed by atoms with Crippen LogP contribution in [0.3, 0.4) is 0 Å². The Morgan fingerprint density at radius 3 is 1.33 bits per heavy atom. The Bertz CT molecular complexity index is 292. The van der Waals surface area contributed by atoms with Gasteiger partial charge in [0.1, 0.15) is 13.2 Å². The normalized spacial score (nSPS) is 11.8. The Kier molecular flexibility index (Phi) is 9.21. The van der Waals surface area contributed by atoms with E-state index in [4.69, 9.17) is 18.9 Å². The lowest BCUT2D eigenvalue weighted by atomic mass is 9.69. The number of hydrogen-bond donors (Lipinski definition) is 0. The van der Waals surface area contributed by atoms with Crippen LogP contribution in [0.1, 0.15) is 27.7 Å². The quantitative estimate of drug-likeness (QED) is 0.347. The van der Waals surface area contributed by atoms with Crippen LogP contribution in [0.15, 0.2) is 0 Å². The first-order valence-corrected chi connectivity index (χ1v) is 7.17. The van der Waals surface area contributed by atoms with Crippen molar-refractivity contribution in [2.75, 3.05) is 40.6 Å². The number of methoxy groups -OCH3 is 2. The fourth-order valence-corrected chi connectivity index (χ4v) is 2.37. The summed E-state index contributed by atoms with van der Waals surface area (Å²) in [5, 5.41) is 0. The molecule has 21 heavy (non-hydrogen) atoms. The minimum absolute atomic E-state index is 0.113. The molecule has 0 aliphatic carbocycles. The molecular formula is C15H28O6. The van der Waals surface area contributed by atoms with E-state index in [1.165, 1.54) is 14.2 Å². The van der Waals surface area contributed by atoms with Gasteiger partial charge in [-0.3, -0.25) is 9.59 Å². The zero-order valence-corrected chi connectivity index (χ0v) is 13.9. The van der Waals surface area contributed by atoms with Gasteiger partial charge in [0.2, 0.25) is 0 Å². The van der Waals surface area contributed by atoms with E-state index < -0.39 is 17.4 Å². The van der Waals surface area contributed by atoms with Crippen molar-refractivity contribution in [3.05, 3.63) is 0 Å². The highest BCUT2D eigenvalue weighted by Gasteiger charge is 2.54. The summed E-state index contributed by atoms with van der Waals surface area (Å²) in [4.78, 5) is 25.0. The highest BCUT2D eigenvalue weighted by atomic mass is 16.6. The minimum atomic E-state index is -1.32. The molecule has 0 bridgehead atoms. The van der Waals surface area contributed by atoms with Crippen molar-refractivity contribution < 1.29 is 28.5 Å². The van der Waals surface area contributed by atoms with Gasteiger partial charge >= 0.3 is 11.9 Å². The molecule has 0 spiro atoms. The average Bonchev–Trinajstić information content (AvgIpc) is 2.39. The van der Waals surface area contributed by atoms with E-state index in [0.29, 0.717) is 0 Å². The number of hydrogen-bond acceptors (Lipinski definition) is 6. The van der Waals surface area contributed by atoms with Crippen molar-refractivity contribution in [2.45, 2.75) is 27.7 Å². The van der Waals surface area contributed by atoms with Gasteiger partial charge in [0, 0.05) is 14.2 Å². The number of carbonyl (C=O) groups excluding carboxylic acids is 2. The fraction of sp³-hybridized carbons (Fsp3) is 0.867. The summed E-state index contributed by atoms with van der Waals surface area (Å²) in [6, 6.07) is 0. The Morgan fingerprint density at radius 2 is 1.10 bits per heavy atom. The maximum atomic E-state index is 12.5. The molecule has 0 aliphatic heterocycles. The van der Waals surface area contributed by atoms with Crippen LogP contribution in [-0.2, 0) is 28.5 Å². The second-order valence-corrected chi connectivity index (χ2v) is 5.44. The van der Waals surface area contributed by atoms with Crippen LogP contribution < -0.4 is 0 Å². The van der Waals surface area contributed by atoms with Crippen LogP contribution in [0.2, 0.25) is 0 Å². The second-order valence-electron chi connectivity index (χ2n) is 5.44. The minimum Gasteiger partial charge on any atom is -0.462 e. The van der Waals surface area contributed by atoms with Gasteiger partial charge < -0.3 is 18.9 Å². The Morgan fingerprint density at radius 1 is 0.762 bits per heavy atom. The molecular weight excluding hydrogens is 276 g/mol. The highest BCUT2D eigenvalue weighted by Crippen LogP contribution is 2.38. The lowest BCUT2D eigenvalue weighted by Gasteiger charge is -2.36. The van der Waals surface area contributed by atoms with Crippen molar-refractivity contribution in [3.63, 3.8) is 0 Å². The van der Waals surface area contributed by atoms with Crippen LogP contribution >= 0.6 is 0 Å². The second kappa shape index (κ2) is 9.73. The van der Waals surface area contributed by atoms with Gasteiger partial charge in [0.25, 0.3) is 0 Å². The zero-order chi connectivity index (χ0) is 16.5. The molecule has 0 atom stereocenters. The lowest BCUT2D eigenvalue weighted by Crippen LogP contribution is -2.50. The van der Waals surface area contributed by atoms with Crippen molar-refractivity contribution in [3.8, 4) is 0 Å². The summed E-state index contributed by atoms with van der Waals surface area (Å²) in [5.41, 5.74) is -1.32. The number of ether oxygens (including phenoxy) is 4. The molecule has 0 aromatic heterocycles. The van der Waals surface area contributed by atoms with E-state index in [2.05, 4.69) is 0 Å². The summed E-state index contributed by atoms with van der Waals surface area (Å²) < 4.78 is 20.1. The Labute approximate surface area is 127 Å². The molecule has 0 aromatic carbocycles. The lowest BCUT2D eigenvalue weighted by molar-refractivity contribution is -0.182. The van der Waals surface area contributed by atoms with E-state index in [1.54, 1.807) is 0 Å². The van der Waals surface area contributed by atoms with Crippen molar-refractivity contribution >= 4 is 11.9 Å². The van der Waals surface area contributed by atoms with Crippen LogP contribution in [-0.4, -0.2) is 52.6 Å². The number of rotatable bonds is 10. The fourth-order valence-electron chi connectivity index (χ4n) is 2.37. The first-order valence-electron chi connectivity index (χ1n) is 7.17. The Hall–Kier alpha value is -1.14. The van der Waals surface area contributed by atoms with Crippen molar-refractivity contribution in [2.24, 2.45) is 17.3 Å². The maximum absolute atomic E-state index is 12.5. The van der Waals surface area contributed by atoms with Gasteiger partial charge in [-0.15, -0.1) is 0 Å². The van der Waals surface area contributed by atoms with Gasteiger partial charge in [0.05, 0.1) is 13.2 Å². The zero-order valence-electron chi connectivity index (χ0n) is 13.9. The molecule has 124 valence electrons. The molecule has 6 heteroatoms. The third-order valence-corrected chi connectivity index (χ3v) is 3.54. The van der Waals surface area contributed by atoms with E-state index in [-0.39, 0.29) is 38.3 Å². The molecule has 0 unspecified atom stereocenters. The largest absolute Gasteiger partial charge is 0.462 e. The smallest absolute Gasteiger partial charge is 0.324 e. The molecule has 0 N–H and O–H groups in total. The molecule has 0 radical (unpaired) electrons. The third kappa shape index (κ3) is 4.97. The molecule has 0 fully saturated rings. The Balaban J connectivity index is 5.15. The van der Waals surface area contributed by atoms with E-state index in [0.717, 1.165) is 0 Å². The van der Waals surface area contributed by atoms with E-state index in [1.807, 2.05) is 27.7 Å². The summed E-state index contributed by atoms with van der Waals surface area (Å²) in [7, 11) is 3.04. The molecule has 0 aliphatic rings. The molecule has 0 saturated carbocycles. The van der Waals surface area contributed by atoms with Crippen LogP contribution in [0.25, 0.3) is 0 Å². The van der Waals surface area contributed by atoms with Gasteiger partial charge in [-0.2, -0.15) is 0 Å². The first kappa shape index (κ1) is 19.9. The predicted molar refractivity (Wildman–Crippen MR) is 77.8 cm³/mol.